The van der Waals surface area contributed by atoms with Gasteiger partial charge in [0.2, 0.25) is 0 Å². The number of fused-ring (bicyclic) bond motifs is 1. The van der Waals surface area contributed by atoms with Gasteiger partial charge in [-0.1, -0.05) is 44.2 Å². The average molecular weight is 363 g/mol. The van der Waals surface area contributed by atoms with Gasteiger partial charge in [0, 0.05) is 37.9 Å². The number of benzene rings is 2. The highest BCUT2D eigenvalue weighted by Crippen LogP contribution is 2.28. The van der Waals surface area contributed by atoms with Crippen molar-refractivity contribution in [1.82, 2.24) is 9.47 Å². The molecule has 142 valence electrons. The smallest absolute Gasteiger partial charge is 0.0594 e. The predicted octanol–water partition coefficient (Wildman–Crippen LogP) is 4.95. The van der Waals surface area contributed by atoms with Gasteiger partial charge >= 0.3 is 0 Å². The van der Waals surface area contributed by atoms with Gasteiger partial charge in [-0.25, -0.2) is 0 Å². The van der Waals surface area contributed by atoms with Crippen LogP contribution in [0, 0.1) is 6.92 Å². The zero-order valence-corrected chi connectivity index (χ0v) is 16.7. The van der Waals surface area contributed by atoms with Gasteiger partial charge in [-0.3, -0.25) is 4.90 Å². The van der Waals surface area contributed by atoms with Crippen LogP contribution >= 0.6 is 0 Å². The van der Waals surface area contributed by atoms with E-state index in [1.807, 2.05) is 0 Å². The van der Waals surface area contributed by atoms with E-state index < -0.39 is 0 Å². The van der Waals surface area contributed by atoms with E-state index in [4.69, 9.17) is 4.74 Å². The minimum Gasteiger partial charge on any atom is -0.379 e. The van der Waals surface area contributed by atoms with E-state index in [0.29, 0.717) is 5.92 Å². The molecule has 0 bridgehead atoms. The Labute approximate surface area is 162 Å². The van der Waals surface area contributed by atoms with Crippen LogP contribution in [0.15, 0.2) is 48.7 Å². The number of aryl methyl sites for hydroxylation is 1. The lowest BCUT2D eigenvalue weighted by molar-refractivity contribution is 0.0340. The number of hydrogen-bond acceptors (Lipinski definition) is 2. The summed E-state index contributed by atoms with van der Waals surface area (Å²) in [4.78, 5) is 2.52. The average Bonchev–Trinajstić information content (AvgIpc) is 3.04. The molecule has 1 fully saturated rings. The molecule has 0 saturated carbocycles. The molecule has 3 aromatic rings. The van der Waals surface area contributed by atoms with Gasteiger partial charge in [0.15, 0.2) is 0 Å². The summed E-state index contributed by atoms with van der Waals surface area (Å²) >= 11 is 0. The molecule has 1 aliphatic rings. The van der Waals surface area contributed by atoms with Crippen LogP contribution in [0.3, 0.4) is 0 Å². The van der Waals surface area contributed by atoms with Crippen molar-refractivity contribution in [1.29, 1.82) is 0 Å². The van der Waals surface area contributed by atoms with Crippen LogP contribution in [0.25, 0.3) is 10.9 Å². The number of morpholine rings is 1. The van der Waals surface area contributed by atoms with Gasteiger partial charge in [-0.2, -0.15) is 0 Å². The number of ether oxygens (including phenoxy) is 1. The largest absolute Gasteiger partial charge is 0.379 e. The molecule has 0 N–H and O–H groups in total. The molecule has 27 heavy (non-hydrogen) atoms. The van der Waals surface area contributed by atoms with Crippen molar-refractivity contribution in [2.24, 2.45) is 0 Å². The van der Waals surface area contributed by atoms with Crippen molar-refractivity contribution in [3.8, 4) is 0 Å². The van der Waals surface area contributed by atoms with E-state index >= 15 is 0 Å². The highest BCUT2D eigenvalue weighted by molar-refractivity contribution is 5.80. The Hall–Kier alpha value is -2.10. The van der Waals surface area contributed by atoms with Gasteiger partial charge in [0.05, 0.1) is 13.2 Å². The van der Waals surface area contributed by atoms with E-state index in [0.717, 1.165) is 39.4 Å². The first-order valence-corrected chi connectivity index (χ1v) is 10.1. The fourth-order valence-electron chi connectivity index (χ4n) is 4.30. The van der Waals surface area contributed by atoms with E-state index in [2.05, 4.69) is 78.9 Å². The highest BCUT2D eigenvalue weighted by Gasteiger charge is 2.17. The van der Waals surface area contributed by atoms with Crippen molar-refractivity contribution in [2.45, 2.75) is 39.8 Å². The maximum atomic E-state index is 5.51. The molecule has 0 amide bonds. The van der Waals surface area contributed by atoms with Crippen LogP contribution in [0.4, 0.5) is 0 Å². The predicted molar refractivity (Wildman–Crippen MR) is 112 cm³/mol. The van der Waals surface area contributed by atoms with Crippen LogP contribution < -0.4 is 0 Å². The molecular weight excluding hydrogens is 332 g/mol. The Kier molecular flexibility index (Phi) is 5.33. The molecule has 4 rings (SSSR count). The van der Waals surface area contributed by atoms with Crippen LogP contribution in [-0.4, -0.2) is 35.8 Å². The molecule has 1 aliphatic heterocycles. The summed E-state index contributed by atoms with van der Waals surface area (Å²) in [5.41, 5.74) is 7.06. The SMILES string of the molecule is Cc1ccc2ccn(Cc3cccc(CN4CCOCC4)c3C(C)C)c2c1. The Morgan fingerprint density at radius 2 is 1.70 bits per heavy atom. The first-order valence-electron chi connectivity index (χ1n) is 10.1. The maximum absolute atomic E-state index is 5.51. The standard InChI is InChI=1S/C24H30N2O/c1-18(2)24-21(16-25-11-13-27-14-12-25)5-4-6-22(24)17-26-10-9-20-8-7-19(3)15-23(20)26/h4-10,15,18H,11-14,16-17H2,1-3H3. The van der Waals surface area contributed by atoms with E-state index in [1.165, 1.54) is 33.2 Å². The summed E-state index contributed by atoms with van der Waals surface area (Å²) < 4.78 is 7.91. The Bertz CT molecular complexity index is 919. The molecule has 0 unspecified atom stereocenters. The molecule has 1 saturated heterocycles. The van der Waals surface area contributed by atoms with E-state index in [1.54, 1.807) is 0 Å². The summed E-state index contributed by atoms with van der Waals surface area (Å²) in [5, 5.41) is 1.32. The van der Waals surface area contributed by atoms with Crippen molar-refractivity contribution in [2.75, 3.05) is 26.3 Å². The third-order valence-corrected chi connectivity index (χ3v) is 5.63. The molecule has 3 nitrogen and oxygen atoms in total. The van der Waals surface area contributed by atoms with Gasteiger partial charge in [0.25, 0.3) is 0 Å². The van der Waals surface area contributed by atoms with Gasteiger partial charge in [0.1, 0.15) is 0 Å². The van der Waals surface area contributed by atoms with Crippen molar-refractivity contribution < 1.29 is 4.74 Å². The quantitative estimate of drug-likeness (QED) is 0.639. The van der Waals surface area contributed by atoms with E-state index in [-0.39, 0.29) is 0 Å². The van der Waals surface area contributed by atoms with Crippen LogP contribution in [0.1, 0.15) is 42.0 Å². The third kappa shape index (κ3) is 3.95. The first-order chi connectivity index (χ1) is 13.1. The number of nitrogens with zero attached hydrogens (tertiary/aromatic N) is 2. The fourth-order valence-corrected chi connectivity index (χ4v) is 4.30. The summed E-state index contributed by atoms with van der Waals surface area (Å²) in [5.74, 6) is 0.515. The van der Waals surface area contributed by atoms with Crippen LogP contribution in [0.5, 0.6) is 0 Å². The molecule has 2 aromatic carbocycles. The molecule has 2 heterocycles. The van der Waals surface area contributed by atoms with Gasteiger partial charge in [-0.15, -0.1) is 0 Å². The number of hydrogen-bond donors (Lipinski definition) is 0. The normalized spacial score (nSPS) is 15.7. The topological polar surface area (TPSA) is 17.4 Å². The minimum absolute atomic E-state index is 0.515. The fraction of sp³-hybridized carbons (Fsp3) is 0.417. The highest BCUT2D eigenvalue weighted by atomic mass is 16.5. The second-order valence-corrected chi connectivity index (χ2v) is 8.04. The molecule has 3 heteroatoms. The lowest BCUT2D eigenvalue weighted by atomic mass is 9.91. The minimum atomic E-state index is 0.515. The monoisotopic (exact) mass is 362 g/mol. The van der Waals surface area contributed by atoms with Gasteiger partial charge < -0.3 is 9.30 Å². The molecule has 0 atom stereocenters. The third-order valence-electron chi connectivity index (χ3n) is 5.63. The second kappa shape index (κ2) is 7.87. The molecule has 0 radical (unpaired) electrons. The summed E-state index contributed by atoms with van der Waals surface area (Å²) in [6, 6.07) is 15.8. The number of aromatic nitrogens is 1. The van der Waals surface area contributed by atoms with Crippen LogP contribution in [-0.2, 0) is 17.8 Å². The zero-order valence-electron chi connectivity index (χ0n) is 16.7. The summed E-state index contributed by atoms with van der Waals surface area (Å²) in [7, 11) is 0. The molecular formula is C24H30N2O. The molecule has 0 aliphatic carbocycles. The summed E-state index contributed by atoms with van der Waals surface area (Å²) in [6.07, 6.45) is 2.23. The number of rotatable bonds is 5. The summed E-state index contributed by atoms with van der Waals surface area (Å²) in [6.45, 7) is 12.5. The first kappa shape index (κ1) is 18.3. The Morgan fingerprint density at radius 3 is 2.44 bits per heavy atom. The van der Waals surface area contributed by atoms with Crippen LogP contribution in [0.2, 0.25) is 0 Å². The Morgan fingerprint density at radius 1 is 0.963 bits per heavy atom. The van der Waals surface area contributed by atoms with Crippen molar-refractivity contribution in [3.63, 3.8) is 0 Å². The van der Waals surface area contributed by atoms with Crippen molar-refractivity contribution in [3.05, 3.63) is 70.9 Å². The van der Waals surface area contributed by atoms with E-state index in [9.17, 15) is 0 Å². The van der Waals surface area contributed by atoms with Crippen molar-refractivity contribution >= 4 is 10.9 Å². The van der Waals surface area contributed by atoms with Gasteiger partial charge in [-0.05, 0) is 52.6 Å². The zero-order chi connectivity index (χ0) is 18.8. The lowest BCUT2D eigenvalue weighted by Crippen LogP contribution is -2.36. The maximum Gasteiger partial charge on any atom is 0.0594 e. The molecule has 1 aromatic heterocycles. The Balaban J connectivity index is 1.67. The second-order valence-electron chi connectivity index (χ2n) is 8.04. The lowest BCUT2D eigenvalue weighted by Gasteiger charge is -2.28. The molecule has 0 spiro atoms.